The molecule has 0 amide bonds. The third-order valence-corrected chi connectivity index (χ3v) is 3.42. The van der Waals surface area contributed by atoms with E-state index < -0.39 is 0 Å². The van der Waals surface area contributed by atoms with Gasteiger partial charge in [0.2, 0.25) is 0 Å². The lowest BCUT2D eigenvalue weighted by Gasteiger charge is -2.07. The zero-order valence-electron chi connectivity index (χ0n) is 11.7. The van der Waals surface area contributed by atoms with Crippen LogP contribution in [0.25, 0.3) is 10.9 Å². The van der Waals surface area contributed by atoms with Crippen molar-refractivity contribution in [3.63, 3.8) is 0 Å². The van der Waals surface area contributed by atoms with Gasteiger partial charge >= 0.3 is 0 Å². The van der Waals surface area contributed by atoms with Gasteiger partial charge in [0.25, 0.3) is 0 Å². The zero-order chi connectivity index (χ0) is 13.8. The van der Waals surface area contributed by atoms with E-state index in [1.54, 1.807) is 0 Å². The van der Waals surface area contributed by atoms with Crippen LogP contribution in [0.4, 0.5) is 11.5 Å². The molecule has 0 spiro atoms. The first-order valence-electron chi connectivity index (χ1n) is 7.15. The SMILES string of the molecule is CCCCc1cccc(Nc2ccc3cc[nH]c3c2)n1. The van der Waals surface area contributed by atoms with Gasteiger partial charge in [0.05, 0.1) is 0 Å². The molecule has 3 nitrogen and oxygen atoms in total. The first-order chi connectivity index (χ1) is 9.85. The molecule has 1 aromatic carbocycles. The second-order valence-electron chi connectivity index (χ2n) is 5.02. The van der Waals surface area contributed by atoms with E-state index in [0.29, 0.717) is 0 Å². The minimum Gasteiger partial charge on any atom is -0.361 e. The Morgan fingerprint density at radius 2 is 2.10 bits per heavy atom. The molecule has 3 heteroatoms. The molecule has 2 heterocycles. The van der Waals surface area contributed by atoms with Crippen LogP contribution < -0.4 is 5.32 Å². The van der Waals surface area contributed by atoms with Gasteiger partial charge in [-0.2, -0.15) is 0 Å². The summed E-state index contributed by atoms with van der Waals surface area (Å²) in [6.07, 6.45) is 5.38. The standard InChI is InChI=1S/C17H19N3/c1-2-3-5-14-6-4-7-17(19-14)20-15-9-8-13-10-11-18-16(13)12-15/h4,6-12,18H,2-3,5H2,1H3,(H,19,20). The number of anilines is 2. The zero-order valence-corrected chi connectivity index (χ0v) is 11.7. The van der Waals surface area contributed by atoms with Crippen LogP contribution in [0.5, 0.6) is 0 Å². The van der Waals surface area contributed by atoms with Gasteiger partial charge in [-0.15, -0.1) is 0 Å². The van der Waals surface area contributed by atoms with Crippen LogP contribution in [0.2, 0.25) is 0 Å². The molecule has 0 aliphatic heterocycles. The number of pyridine rings is 1. The molecule has 102 valence electrons. The van der Waals surface area contributed by atoms with Crippen molar-refractivity contribution in [1.29, 1.82) is 0 Å². The molecule has 0 fully saturated rings. The number of aromatic nitrogens is 2. The molecule has 20 heavy (non-hydrogen) atoms. The largest absolute Gasteiger partial charge is 0.361 e. The number of H-pyrrole nitrogens is 1. The van der Waals surface area contributed by atoms with E-state index in [4.69, 9.17) is 0 Å². The highest BCUT2D eigenvalue weighted by molar-refractivity contribution is 5.83. The fraction of sp³-hybridized carbons (Fsp3) is 0.235. The molecule has 3 aromatic rings. The summed E-state index contributed by atoms with van der Waals surface area (Å²) in [6, 6.07) is 14.5. The molecular weight excluding hydrogens is 246 g/mol. The van der Waals surface area contributed by atoms with E-state index in [-0.39, 0.29) is 0 Å². The van der Waals surface area contributed by atoms with Crippen LogP contribution in [-0.4, -0.2) is 9.97 Å². The number of nitrogens with zero attached hydrogens (tertiary/aromatic N) is 1. The smallest absolute Gasteiger partial charge is 0.130 e. The van der Waals surface area contributed by atoms with Gasteiger partial charge in [0.15, 0.2) is 0 Å². The lowest BCUT2D eigenvalue weighted by molar-refractivity contribution is 0.777. The lowest BCUT2D eigenvalue weighted by Crippen LogP contribution is -1.97. The Hall–Kier alpha value is -2.29. The van der Waals surface area contributed by atoms with Crippen LogP contribution in [0.3, 0.4) is 0 Å². The second-order valence-corrected chi connectivity index (χ2v) is 5.02. The highest BCUT2D eigenvalue weighted by atomic mass is 15.0. The van der Waals surface area contributed by atoms with Crippen molar-refractivity contribution in [2.75, 3.05) is 5.32 Å². The summed E-state index contributed by atoms with van der Waals surface area (Å²) in [6.45, 7) is 2.20. The molecule has 0 bridgehead atoms. The van der Waals surface area contributed by atoms with Gasteiger partial charge in [0.1, 0.15) is 5.82 Å². The summed E-state index contributed by atoms with van der Waals surface area (Å²) >= 11 is 0. The summed E-state index contributed by atoms with van der Waals surface area (Å²) in [7, 11) is 0. The maximum absolute atomic E-state index is 4.65. The Morgan fingerprint density at radius 3 is 3.00 bits per heavy atom. The van der Waals surface area contributed by atoms with E-state index >= 15 is 0 Å². The Labute approximate surface area is 119 Å². The Balaban J connectivity index is 1.79. The maximum atomic E-state index is 4.65. The van der Waals surface area contributed by atoms with Crippen molar-refractivity contribution in [2.24, 2.45) is 0 Å². The van der Waals surface area contributed by atoms with Crippen molar-refractivity contribution >= 4 is 22.4 Å². The normalized spacial score (nSPS) is 10.8. The molecule has 0 atom stereocenters. The van der Waals surface area contributed by atoms with Crippen LogP contribution in [0.1, 0.15) is 25.5 Å². The third kappa shape index (κ3) is 2.82. The summed E-state index contributed by atoms with van der Waals surface area (Å²) in [5.74, 6) is 0.907. The number of aromatic amines is 1. The second kappa shape index (κ2) is 5.78. The predicted molar refractivity (Wildman–Crippen MR) is 84.4 cm³/mol. The maximum Gasteiger partial charge on any atom is 0.130 e. The first kappa shape index (κ1) is 12.7. The van der Waals surface area contributed by atoms with E-state index in [2.05, 4.69) is 58.6 Å². The van der Waals surface area contributed by atoms with Crippen molar-refractivity contribution < 1.29 is 0 Å². The fourth-order valence-electron chi connectivity index (χ4n) is 2.32. The Morgan fingerprint density at radius 1 is 1.15 bits per heavy atom. The molecule has 2 N–H and O–H groups in total. The van der Waals surface area contributed by atoms with Crippen molar-refractivity contribution in [2.45, 2.75) is 26.2 Å². The average Bonchev–Trinajstić information content (AvgIpc) is 2.93. The molecule has 0 radical (unpaired) electrons. The number of benzene rings is 1. The average molecular weight is 265 g/mol. The molecule has 3 rings (SSSR count). The Bertz CT molecular complexity index is 700. The van der Waals surface area contributed by atoms with Crippen LogP contribution in [0, 0.1) is 0 Å². The van der Waals surface area contributed by atoms with Gasteiger partial charge in [-0.05, 0) is 48.6 Å². The third-order valence-electron chi connectivity index (χ3n) is 3.42. The number of hydrogen-bond acceptors (Lipinski definition) is 2. The molecule has 0 saturated heterocycles. The quantitative estimate of drug-likeness (QED) is 0.705. The lowest BCUT2D eigenvalue weighted by atomic mass is 10.2. The van der Waals surface area contributed by atoms with Gasteiger partial charge in [-0.1, -0.05) is 25.5 Å². The van der Waals surface area contributed by atoms with E-state index in [1.165, 1.54) is 18.2 Å². The predicted octanol–water partition coefficient (Wildman–Crippen LogP) is 4.65. The molecule has 0 aliphatic rings. The molecule has 0 unspecified atom stereocenters. The van der Waals surface area contributed by atoms with Gasteiger partial charge in [-0.25, -0.2) is 4.98 Å². The number of unbranched alkanes of at least 4 members (excludes halogenated alkanes) is 1. The number of nitrogens with one attached hydrogen (secondary N) is 2. The first-order valence-corrected chi connectivity index (χ1v) is 7.15. The molecule has 0 saturated carbocycles. The number of fused-ring (bicyclic) bond motifs is 1. The summed E-state index contributed by atoms with van der Waals surface area (Å²) in [5, 5.41) is 4.59. The molecule has 2 aromatic heterocycles. The molecular formula is C17H19N3. The number of hydrogen-bond donors (Lipinski definition) is 2. The number of rotatable bonds is 5. The van der Waals surface area contributed by atoms with Crippen LogP contribution >= 0.6 is 0 Å². The molecule has 0 aliphatic carbocycles. The van der Waals surface area contributed by atoms with Gasteiger partial charge < -0.3 is 10.3 Å². The minimum absolute atomic E-state index is 0.907. The summed E-state index contributed by atoms with van der Waals surface area (Å²) in [5.41, 5.74) is 3.34. The van der Waals surface area contributed by atoms with Crippen molar-refractivity contribution in [3.05, 3.63) is 54.4 Å². The van der Waals surface area contributed by atoms with E-state index in [0.717, 1.165) is 29.1 Å². The van der Waals surface area contributed by atoms with Crippen LogP contribution in [0.15, 0.2) is 48.7 Å². The van der Waals surface area contributed by atoms with Crippen LogP contribution in [-0.2, 0) is 6.42 Å². The minimum atomic E-state index is 0.907. The number of aryl methyl sites for hydroxylation is 1. The fourth-order valence-corrected chi connectivity index (χ4v) is 2.32. The summed E-state index contributed by atoms with van der Waals surface area (Å²) in [4.78, 5) is 7.88. The highest BCUT2D eigenvalue weighted by Crippen LogP contribution is 2.20. The topological polar surface area (TPSA) is 40.7 Å². The summed E-state index contributed by atoms with van der Waals surface area (Å²) < 4.78 is 0. The van der Waals surface area contributed by atoms with Crippen molar-refractivity contribution in [1.82, 2.24) is 9.97 Å². The Kier molecular flexibility index (Phi) is 3.68. The van der Waals surface area contributed by atoms with Gasteiger partial charge in [-0.3, -0.25) is 0 Å². The van der Waals surface area contributed by atoms with E-state index in [1.807, 2.05) is 12.3 Å². The highest BCUT2D eigenvalue weighted by Gasteiger charge is 2.00. The monoisotopic (exact) mass is 265 g/mol. The van der Waals surface area contributed by atoms with E-state index in [9.17, 15) is 0 Å². The van der Waals surface area contributed by atoms with Gasteiger partial charge in [0, 0.05) is 23.1 Å². The van der Waals surface area contributed by atoms with Crippen molar-refractivity contribution in [3.8, 4) is 0 Å².